The van der Waals surface area contributed by atoms with Gasteiger partial charge in [0.25, 0.3) is 0 Å². The summed E-state index contributed by atoms with van der Waals surface area (Å²) >= 11 is 12.3. The molecular formula is C21H23Cl4N3. The number of fused-ring (bicyclic) bond motifs is 1. The Morgan fingerprint density at radius 1 is 0.857 bits per heavy atom. The van der Waals surface area contributed by atoms with E-state index in [2.05, 4.69) is 41.1 Å². The minimum atomic E-state index is 0. The Hall–Kier alpha value is -1.23. The Kier molecular flexibility index (Phi) is 8.23. The molecule has 0 radical (unpaired) electrons. The molecule has 0 aliphatic carbocycles. The van der Waals surface area contributed by atoms with E-state index in [1.165, 1.54) is 11.1 Å². The average Bonchev–Trinajstić information content (AvgIpc) is 2.82. The molecule has 1 saturated heterocycles. The number of aliphatic imine (C=N–C) groups is 1. The molecule has 0 aromatic heterocycles. The summed E-state index contributed by atoms with van der Waals surface area (Å²) in [5.74, 6) is 1.03. The van der Waals surface area contributed by atoms with E-state index in [4.69, 9.17) is 28.2 Å². The smallest absolute Gasteiger partial charge is 0.136 e. The van der Waals surface area contributed by atoms with Crippen molar-refractivity contribution < 1.29 is 0 Å². The van der Waals surface area contributed by atoms with Crippen LogP contribution in [0.15, 0.2) is 53.5 Å². The lowest BCUT2D eigenvalue weighted by Gasteiger charge is -2.35. The van der Waals surface area contributed by atoms with Crippen molar-refractivity contribution >= 4 is 65.1 Å². The van der Waals surface area contributed by atoms with Gasteiger partial charge in [0.1, 0.15) is 5.84 Å². The number of nitrogens with zero attached hydrogens (tertiary/aromatic N) is 3. The van der Waals surface area contributed by atoms with Crippen LogP contribution in [-0.2, 0) is 6.42 Å². The Balaban J connectivity index is 0.00000140. The van der Waals surface area contributed by atoms with Crippen molar-refractivity contribution in [1.82, 2.24) is 9.80 Å². The molecule has 0 spiro atoms. The average molecular weight is 459 g/mol. The normalized spacial score (nSPS) is 16.8. The van der Waals surface area contributed by atoms with E-state index in [0.717, 1.165) is 59.7 Å². The standard InChI is InChI=1S/C21H21Cl2N3.2ClH/c1-25-10-12-26(13-11-25)21-19(15-2-6-17(22)7-3-15)9-5-16-4-8-18(23)14-20(16)24-21;;/h2-4,6-9,14H,5,10-13H2,1H3;2*1H. The van der Waals surface area contributed by atoms with Crippen LogP contribution >= 0.6 is 48.0 Å². The summed E-state index contributed by atoms with van der Waals surface area (Å²) < 4.78 is 0. The lowest BCUT2D eigenvalue weighted by atomic mass is 10.0. The quantitative estimate of drug-likeness (QED) is 0.541. The third-order valence-corrected chi connectivity index (χ3v) is 5.49. The number of piperazine rings is 1. The van der Waals surface area contributed by atoms with Gasteiger partial charge in [0.05, 0.1) is 5.69 Å². The summed E-state index contributed by atoms with van der Waals surface area (Å²) in [6, 6.07) is 14.0. The summed E-state index contributed by atoms with van der Waals surface area (Å²) in [6.07, 6.45) is 3.12. The Morgan fingerprint density at radius 2 is 1.50 bits per heavy atom. The second-order valence-corrected chi connectivity index (χ2v) is 7.70. The molecule has 2 aliphatic heterocycles. The second kappa shape index (κ2) is 10.00. The van der Waals surface area contributed by atoms with Crippen LogP contribution in [0.4, 0.5) is 5.69 Å². The molecule has 1 fully saturated rings. The van der Waals surface area contributed by atoms with Gasteiger partial charge >= 0.3 is 0 Å². The Labute approximate surface area is 188 Å². The second-order valence-electron chi connectivity index (χ2n) is 6.83. The zero-order chi connectivity index (χ0) is 18.1. The SMILES string of the molecule is CN1CCN(C2=Nc3cc(Cl)ccc3CC=C2c2ccc(Cl)cc2)CC1.Cl.Cl. The lowest BCUT2D eigenvalue weighted by molar-refractivity contribution is 0.216. The van der Waals surface area contributed by atoms with E-state index in [-0.39, 0.29) is 24.8 Å². The number of likely N-dealkylation sites (N-methyl/N-ethyl adjacent to an activating group) is 1. The number of benzene rings is 2. The van der Waals surface area contributed by atoms with Crippen LogP contribution in [0.3, 0.4) is 0 Å². The van der Waals surface area contributed by atoms with Crippen LogP contribution < -0.4 is 0 Å². The fourth-order valence-corrected chi connectivity index (χ4v) is 3.72. The molecule has 0 N–H and O–H groups in total. The highest BCUT2D eigenvalue weighted by Gasteiger charge is 2.23. The van der Waals surface area contributed by atoms with E-state index in [9.17, 15) is 0 Å². The predicted octanol–water partition coefficient (Wildman–Crippen LogP) is 5.75. The van der Waals surface area contributed by atoms with E-state index >= 15 is 0 Å². The van der Waals surface area contributed by atoms with Crippen LogP contribution in [0.2, 0.25) is 10.0 Å². The molecule has 2 aliphatic rings. The maximum atomic E-state index is 6.23. The first-order valence-corrected chi connectivity index (χ1v) is 9.63. The van der Waals surface area contributed by atoms with Crippen molar-refractivity contribution in [2.45, 2.75) is 6.42 Å². The first kappa shape index (κ1) is 23.1. The monoisotopic (exact) mass is 457 g/mol. The number of hydrogen-bond donors (Lipinski definition) is 0. The van der Waals surface area contributed by atoms with Gasteiger partial charge in [0.2, 0.25) is 0 Å². The molecule has 0 saturated carbocycles. The maximum Gasteiger partial charge on any atom is 0.136 e. The molecule has 7 heteroatoms. The fourth-order valence-electron chi connectivity index (χ4n) is 3.43. The number of halogens is 4. The fraction of sp³-hybridized carbons (Fsp3) is 0.286. The zero-order valence-electron chi connectivity index (χ0n) is 15.6. The summed E-state index contributed by atoms with van der Waals surface area (Å²) in [5, 5.41) is 1.47. The first-order valence-electron chi connectivity index (χ1n) is 8.87. The van der Waals surface area contributed by atoms with Crippen LogP contribution in [0, 0.1) is 0 Å². The first-order chi connectivity index (χ1) is 12.6. The maximum absolute atomic E-state index is 6.23. The van der Waals surface area contributed by atoms with Gasteiger partial charge in [-0.05, 0) is 48.9 Å². The molecule has 3 nitrogen and oxygen atoms in total. The molecule has 0 atom stereocenters. The van der Waals surface area contributed by atoms with E-state index in [1.54, 1.807) is 0 Å². The van der Waals surface area contributed by atoms with E-state index in [1.807, 2.05) is 24.3 Å². The summed E-state index contributed by atoms with van der Waals surface area (Å²) in [4.78, 5) is 9.80. The molecule has 2 aromatic carbocycles. The van der Waals surface area contributed by atoms with Crippen LogP contribution in [0.25, 0.3) is 5.57 Å². The number of rotatable bonds is 1. The van der Waals surface area contributed by atoms with Gasteiger partial charge in [-0.2, -0.15) is 0 Å². The minimum absolute atomic E-state index is 0. The molecule has 150 valence electrons. The van der Waals surface area contributed by atoms with Gasteiger partial charge in [-0.1, -0.05) is 47.5 Å². The topological polar surface area (TPSA) is 18.8 Å². The van der Waals surface area contributed by atoms with E-state index < -0.39 is 0 Å². The van der Waals surface area contributed by atoms with Gasteiger partial charge in [-0.3, -0.25) is 0 Å². The summed E-state index contributed by atoms with van der Waals surface area (Å²) in [7, 11) is 2.16. The molecule has 0 bridgehead atoms. The summed E-state index contributed by atoms with van der Waals surface area (Å²) in [5.41, 5.74) is 4.47. The van der Waals surface area contributed by atoms with Gasteiger partial charge in [-0.15, -0.1) is 24.8 Å². The molecule has 0 amide bonds. The van der Waals surface area contributed by atoms with Gasteiger partial charge in [0.15, 0.2) is 0 Å². The third kappa shape index (κ3) is 5.03. The minimum Gasteiger partial charge on any atom is -0.354 e. The predicted molar refractivity (Wildman–Crippen MR) is 125 cm³/mol. The van der Waals surface area contributed by atoms with Gasteiger partial charge in [-0.25, -0.2) is 4.99 Å². The van der Waals surface area contributed by atoms with Crippen molar-refractivity contribution in [3.8, 4) is 0 Å². The molecule has 28 heavy (non-hydrogen) atoms. The number of allylic oxidation sites excluding steroid dienone is 1. The van der Waals surface area contributed by atoms with Gasteiger partial charge < -0.3 is 9.80 Å². The van der Waals surface area contributed by atoms with Crippen LogP contribution in [0.5, 0.6) is 0 Å². The number of amidine groups is 1. The van der Waals surface area contributed by atoms with E-state index in [0.29, 0.717) is 0 Å². The Morgan fingerprint density at radius 3 is 2.18 bits per heavy atom. The highest BCUT2D eigenvalue weighted by atomic mass is 35.5. The van der Waals surface area contributed by atoms with Crippen molar-refractivity contribution in [2.75, 3.05) is 33.2 Å². The largest absolute Gasteiger partial charge is 0.354 e. The molecular weight excluding hydrogens is 436 g/mol. The molecule has 2 heterocycles. The van der Waals surface area contributed by atoms with Crippen LogP contribution in [0.1, 0.15) is 11.1 Å². The van der Waals surface area contributed by atoms with Crippen molar-refractivity contribution in [1.29, 1.82) is 0 Å². The Bertz CT molecular complexity index is 870. The van der Waals surface area contributed by atoms with Crippen LogP contribution in [-0.4, -0.2) is 48.9 Å². The van der Waals surface area contributed by atoms with Crippen molar-refractivity contribution in [3.63, 3.8) is 0 Å². The lowest BCUT2D eigenvalue weighted by Crippen LogP contribution is -2.47. The number of hydrogen-bond acceptors (Lipinski definition) is 3. The third-order valence-electron chi connectivity index (χ3n) is 5.00. The summed E-state index contributed by atoms with van der Waals surface area (Å²) in [6.45, 7) is 4.01. The van der Waals surface area contributed by atoms with Crippen molar-refractivity contribution in [3.05, 3.63) is 69.7 Å². The van der Waals surface area contributed by atoms with Crippen molar-refractivity contribution in [2.24, 2.45) is 4.99 Å². The zero-order valence-corrected chi connectivity index (χ0v) is 18.7. The molecule has 2 aromatic rings. The molecule has 4 rings (SSSR count). The highest BCUT2D eigenvalue weighted by molar-refractivity contribution is 6.31. The van der Waals surface area contributed by atoms with Gasteiger partial charge in [0, 0.05) is 41.8 Å². The molecule has 0 unspecified atom stereocenters. The highest BCUT2D eigenvalue weighted by Crippen LogP contribution is 2.32.